The molecule has 0 radical (unpaired) electrons. The van der Waals surface area contributed by atoms with Gasteiger partial charge >= 0.3 is 0 Å². The number of carbonyl (C=O) groups is 1. The molecule has 4 rings (SSSR count). The van der Waals surface area contributed by atoms with Crippen molar-refractivity contribution in [2.75, 3.05) is 10.7 Å². The van der Waals surface area contributed by atoms with E-state index in [4.69, 9.17) is 0 Å². The first-order valence-electron chi connectivity index (χ1n) is 9.13. The largest absolute Gasteiger partial charge is 0.296 e. The Morgan fingerprint density at radius 2 is 1.77 bits per heavy atom. The maximum absolute atomic E-state index is 13.3. The fourth-order valence-electron chi connectivity index (χ4n) is 3.16. The molecule has 0 N–H and O–H groups in total. The van der Waals surface area contributed by atoms with E-state index in [-0.39, 0.29) is 17.2 Å². The fourth-order valence-corrected chi connectivity index (χ4v) is 4.23. The van der Waals surface area contributed by atoms with Crippen molar-refractivity contribution in [1.29, 1.82) is 0 Å². The van der Waals surface area contributed by atoms with Crippen molar-refractivity contribution in [2.24, 2.45) is 17.3 Å². The number of nitrogens with zero attached hydrogens (tertiary/aromatic N) is 5. The normalized spacial score (nSPS) is 15.6. The van der Waals surface area contributed by atoms with Gasteiger partial charge in [-0.1, -0.05) is 58.0 Å². The summed E-state index contributed by atoms with van der Waals surface area (Å²) in [5.41, 5.74) is 2.30. The lowest BCUT2D eigenvalue weighted by Gasteiger charge is -2.13. The van der Waals surface area contributed by atoms with E-state index in [1.165, 1.54) is 16.7 Å². The van der Waals surface area contributed by atoms with Crippen LogP contribution < -0.4 is 10.5 Å². The molecule has 2 aromatic carbocycles. The molecule has 1 aliphatic heterocycles. The number of amides is 1. The number of carbonyl (C=O) groups excluding carboxylic acids is 1. The Kier molecular flexibility index (Phi) is 5.74. The van der Waals surface area contributed by atoms with E-state index in [1.54, 1.807) is 22.6 Å². The van der Waals surface area contributed by atoms with Crippen LogP contribution in [0.3, 0.4) is 0 Å². The minimum Gasteiger partial charge on any atom is -0.283 e. The highest BCUT2D eigenvalue weighted by Crippen LogP contribution is 2.28. The molecule has 1 saturated heterocycles. The molecule has 152 valence electrons. The first-order chi connectivity index (χ1) is 14.5. The van der Waals surface area contributed by atoms with Gasteiger partial charge in [0.2, 0.25) is 5.91 Å². The second-order valence-corrected chi connectivity index (χ2v) is 8.46. The number of para-hydroxylation sites is 1. The zero-order valence-corrected chi connectivity index (χ0v) is 18.7. The molecule has 30 heavy (non-hydrogen) atoms. The first-order valence-corrected chi connectivity index (χ1v) is 10.9. The Hall–Kier alpha value is -2.91. The van der Waals surface area contributed by atoms with Crippen LogP contribution in [0.4, 0.5) is 5.69 Å². The van der Waals surface area contributed by atoms with Gasteiger partial charge in [-0.15, -0.1) is 5.10 Å². The van der Waals surface area contributed by atoms with Crippen LogP contribution in [0, 0.1) is 6.92 Å². The molecule has 7 nitrogen and oxygen atoms in total. The smallest absolute Gasteiger partial charge is 0.283 e. The highest BCUT2D eigenvalue weighted by atomic mass is 79.9. The topological polar surface area (TPSA) is 72.0 Å². The summed E-state index contributed by atoms with van der Waals surface area (Å²) in [6, 6.07) is 16.9. The quantitative estimate of drug-likeness (QED) is 0.419. The number of benzene rings is 2. The van der Waals surface area contributed by atoms with Gasteiger partial charge in [-0.3, -0.25) is 14.3 Å². The van der Waals surface area contributed by atoms with Gasteiger partial charge in [0, 0.05) is 11.5 Å². The number of halogens is 1. The SMILES string of the molecule is Cc1c(N2C(=O)CS/C2=N\N=C\c2ccc(Br)cc2)c(=O)n(-c2ccccc2)n1C. The number of rotatable bonds is 4. The summed E-state index contributed by atoms with van der Waals surface area (Å²) in [6.45, 7) is 1.81. The lowest BCUT2D eigenvalue weighted by molar-refractivity contribution is -0.115. The Balaban J connectivity index is 1.72. The van der Waals surface area contributed by atoms with Crippen molar-refractivity contribution in [2.45, 2.75) is 6.92 Å². The Bertz CT molecular complexity index is 1210. The zero-order valence-electron chi connectivity index (χ0n) is 16.3. The third kappa shape index (κ3) is 3.78. The number of hydrogen-bond acceptors (Lipinski definition) is 5. The molecule has 3 aromatic rings. The molecule has 1 fully saturated rings. The van der Waals surface area contributed by atoms with Gasteiger partial charge in [0.25, 0.3) is 5.56 Å². The molecular weight excluding hydrogens is 466 g/mol. The minimum absolute atomic E-state index is 0.191. The van der Waals surface area contributed by atoms with Crippen LogP contribution in [0.15, 0.2) is 74.1 Å². The summed E-state index contributed by atoms with van der Waals surface area (Å²) >= 11 is 4.66. The number of aromatic nitrogens is 2. The minimum atomic E-state index is -0.276. The van der Waals surface area contributed by atoms with Crippen LogP contribution in [-0.4, -0.2) is 32.4 Å². The lowest BCUT2D eigenvalue weighted by Crippen LogP contribution is -2.34. The summed E-state index contributed by atoms with van der Waals surface area (Å²) in [7, 11) is 1.80. The first kappa shape index (κ1) is 20.4. The monoisotopic (exact) mass is 483 g/mol. The van der Waals surface area contributed by atoms with E-state index in [0.29, 0.717) is 16.5 Å². The van der Waals surface area contributed by atoms with Crippen LogP contribution in [0.25, 0.3) is 5.69 Å². The summed E-state index contributed by atoms with van der Waals surface area (Å²) in [5, 5.41) is 8.74. The maximum atomic E-state index is 13.3. The summed E-state index contributed by atoms with van der Waals surface area (Å²) in [4.78, 5) is 27.3. The Labute approximate surface area is 185 Å². The van der Waals surface area contributed by atoms with E-state index < -0.39 is 0 Å². The van der Waals surface area contributed by atoms with Crippen molar-refractivity contribution in [3.05, 3.63) is 80.7 Å². The number of anilines is 1. The van der Waals surface area contributed by atoms with Crippen LogP contribution in [-0.2, 0) is 11.8 Å². The number of thioether (sulfide) groups is 1. The van der Waals surface area contributed by atoms with E-state index in [9.17, 15) is 9.59 Å². The van der Waals surface area contributed by atoms with Crippen molar-refractivity contribution in [3.8, 4) is 5.69 Å². The van der Waals surface area contributed by atoms with Crippen LogP contribution in [0.1, 0.15) is 11.3 Å². The van der Waals surface area contributed by atoms with Gasteiger partial charge in [-0.05, 0) is 36.8 Å². The van der Waals surface area contributed by atoms with Crippen molar-refractivity contribution >= 4 is 50.7 Å². The summed E-state index contributed by atoms with van der Waals surface area (Å²) in [6.07, 6.45) is 1.61. The van der Waals surface area contributed by atoms with E-state index in [0.717, 1.165) is 15.7 Å². The molecule has 0 atom stereocenters. The molecule has 2 heterocycles. The van der Waals surface area contributed by atoms with Crippen LogP contribution >= 0.6 is 27.7 Å². The van der Waals surface area contributed by atoms with Gasteiger partial charge < -0.3 is 0 Å². The molecule has 0 unspecified atom stereocenters. The molecular formula is C21H18BrN5O2S. The van der Waals surface area contributed by atoms with Crippen LogP contribution in [0.5, 0.6) is 0 Å². The third-order valence-corrected chi connectivity index (χ3v) is 6.18. The predicted molar refractivity (Wildman–Crippen MR) is 125 cm³/mol. The van der Waals surface area contributed by atoms with E-state index >= 15 is 0 Å². The van der Waals surface area contributed by atoms with Crippen LogP contribution in [0.2, 0.25) is 0 Å². The van der Waals surface area contributed by atoms with Gasteiger partial charge in [0.1, 0.15) is 5.69 Å². The Morgan fingerprint density at radius 1 is 1.07 bits per heavy atom. The highest BCUT2D eigenvalue weighted by molar-refractivity contribution is 9.10. The molecule has 1 aliphatic rings. The van der Waals surface area contributed by atoms with Gasteiger partial charge in [0.15, 0.2) is 5.17 Å². The Morgan fingerprint density at radius 3 is 2.47 bits per heavy atom. The molecule has 0 bridgehead atoms. The predicted octanol–water partition coefficient (Wildman–Crippen LogP) is 3.72. The van der Waals surface area contributed by atoms with Crippen molar-refractivity contribution < 1.29 is 4.79 Å². The number of amidine groups is 1. The molecule has 1 aromatic heterocycles. The molecule has 1 amide bonds. The summed E-state index contributed by atoms with van der Waals surface area (Å²) < 4.78 is 4.26. The lowest BCUT2D eigenvalue weighted by atomic mass is 10.2. The molecule has 0 saturated carbocycles. The average molecular weight is 484 g/mol. The molecule has 0 aliphatic carbocycles. The van der Waals surface area contributed by atoms with Crippen molar-refractivity contribution in [3.63, 3.8) is 0 Å². The van der Waals surface area contributed by atoms with Gasteiger partial charge in [-0.25, -0.2) is 9.58 Å². The summed E-state index contributed by atoms with van der Waals surface area (Å²) in [5.74, 6) is 0.0229. The maximum Gasteiger partial charge on any atom is 0.296 e. The second kappa shape index (κ2) is 8.45. The fraction of sp³-hybridized carbons (Fsp3) is 0.143. The third-order valence-electron chi connectivity index (χ3n) is 4.73. The van der Waals surface area contributed by atoms with Crippen molar-refractivity contribution in [1.82, 2.24) is 9.36 Å². The second-order valence-electron chi connectivity index (χ2n) is 6.61. The number of hydrogen-bond donors (Lipinski definition) is 0. The molecule has 9 heteroatoms. The highest BCUT2D eigenvalue weighted by Gasteiger charge is 2.35. The standard InChI is InChI=1S/C21H18BrN5O2S/c1-14-19(20(29)27(25(14)2)17-6-4-3-5-7-17)26-18(28)13-30-21(26)24-23-12-15-8-10-16(22)11-9-15/h3-12H,13H2,1-2H3/b23-12+,24-21-. The van der Waals surface area contributed by atoms with Gasteiger partial charge in [-0.2, -0.15) is 5.10 Å². The molecule has 0 spiro atoms. The zero-order chi connectivity index (χ0) is 21.3. The van der Waals surface area contributed by atoms with E-state index in [1.807, 2.05) is 61.5 Å². The van der Waals surface area contributed by atoms with E-state index in [2.05, 4.69) is 26.1 Å². The average Bonchev–Trinajstić information content (AvgIpc) is 3.20. The van der Waals surface area contributed by atoms with Gasteiger partial charge in [0.05, 0.1) is 23.3 Å².